The predicted octanol–water partition coefficient (Wildman–Crippen LogP) is 1.38. The summed E-state index contributed by atoms with van der Waals surface area (Å²) >= 11 is 0. The summed E-state index contributed by atoms with van der Waals surface area (Å²) < 4.78 is 28.6. The van der Waals surface area contributed by atoms with E-state index in [1.54, 1.807) is 19.3 Å². The summed E-state index contributed by atoms with van der Waals surface area (Å²) in [5.74, 6) is 0.142. The summed E-state index contributed by atoms with van der Waals surface area (Å²) in [5, 5.41) is 14.4. The van der Waals surface area contributed by atoms with Gasteiger partial charge in [0, 0.05) is 13.2 Å². The van der Waals surface area contributed by atoms with Crippen molar-refractivity contribution in [2.24, 2.45) is 7.05 Å². The molecule has 6 nitrogen and oxygen atoms in total. The molecule has 2 aromatic rings. The molecule has 0 aromatic carbocycles. The van der Waals surface area contributed by atoms with Gasteiger partial charge in [-0.05, 0) is 6.07 Å². The Morgan fingerprint density at radius 2 is 2.17 bits per heavy atom. The number of aryl methyl sites for hydroxylation is 1. The van der Waals surface area contributed by atoms with Gasteiger partial charge in [0.15, 0.2) is 5.82 Å². The Labute approximate surface area is 101 Å². The summed E-state index contributed by atoms with van der Waals surface area (Å²) in [6.07, 6.45) is 1.67. The fourth-order valence-corrected chi connectivity index (χ4v) is 2.13. The van der Waals surface area contributed by atoms with Crippen LogP contribution in [0.5, 0.6) is 0 Å². The molecule has 0 atom stereocenters. The highest BCUT2D eigenvalue weighted by Gasteiger charge is 2.30. The third-order valence-corrected chi connectivity index (χ3v) is 2.90. The summed E-state index contributed by atoms with van der Waals surface area (Å²) in [4.78, 5) is 4.15. The van der Waals surface area contributed by atoms with E-state index in [4.69, 9.17) is 0 Å². The monoisotopic (exact) mass is 255 g/mol. The number of aromatic nitrogens is 4. The molecule has 1 N–H and O–H groups in total. The van der Waals surface area contributed by atoms with E-state index in [0.29, 0.717) is 17.1 Å². The normalized spacial score (nSPS) is 15.6. The molecule has 0 saturated carbocycles. The molecule has 1 aliphatic rings. The summed E-state index contributed by atoms with van der Waals surface area (Å²) in [5.41, 5.74) is 1.21. The first-order chi connectivity index (χ1) is 8.56. The van der Waals surface area contributed by atoms with Gasteiger partial charge in [0.25, 0.3) is 0 Å². The van der Waals surface area contributed by atoms with E-state index in [1.807, 2.05) is 0 Å². The molecule has 0 amide bonds. The van der Waals surface area contributed by atoms with Crippen LogP contribution in [0, 0.1) is 0 Å². The van der Waals surface area contributed by atoms with Crippen molar-refractivity contribution in [2.45, 2.75) is 19.6 Å². The highest BCUT2D eigenvalue weighted by molar-refractivity contribution is 5.51. The molecule has 8 heteroatoms. The first-order valence-electron chi connectivity index (χ1n) is 5.38. The Kier molecular flexibility index (Phi) is 2.42. The second kappa shape index (κ2) is 3.85. The minimum atomic E-state index is -2.70. The van der Waals surface area contributed by atoms with Gasteiger partial charge in [0.05, 0.1) is 24.5 Å². The Morgan fingerprint density at radius 1 is 1.39 bits per heavy atom. The molecule has 18 heavy (non-hydrogen) atoms. The van der Waals surface area contributed by atoms with Gasteiger partial charge in [-0.25, -0.2) is 4.98 Å². The van der Waals surface area contributed by atoms with Crippen molar-refractivity contribution in [3.05, 3.63) is 23.7 Å². The maximum absolute atomic E-state index is 13.1. The lowest BCUT2D eigenvalue weighted by molar-refractivity contribution is -0.0995. The maximum atomic E-state index is 13.1. The average Bonchev–Trinajstić information content (AvgIpc) is 2.90. The van der Waals surface area contributed by atoms with E-state index in [0.717, 1.165) is 9.63 Å². The van der Waals surface area contributed by atoms with Gasteiger partial charge in [0.1, 0.15) is 5.69 Å². The topological polar surface area (TPSA) is 59.1 Å². The Hall–Kier alpha value is -1.80. The van der Waals surface area contributed by atoms with Crippen molar-refractivity contribution in [2.75, 3.05) is 0 Å². The lowest BCUT2D eigenvalue weighted by atomic mass is 10.4. The summed E-state index contributed by atoms with van der Waals surface area (Å²) in [6, 6.07) is 1.63. The average molecular weight is 255 g/mol. The zero-order chi connectivity index (χ0) is 12.9. The number of hydrogen-bond donors (Lipinski definition) is 1. The van der Waals surface area contributed by atoms with Crippen LogP contribution >= 0.6 is 0 Å². The number of hydrogen-bond acceptors (Lipinski definition) is 4. The van der Waals surface area contributed by atoms with Gasteiger partial charge in [-0.1, -0.05) is 0 Å². The van der Waals surface area contributed by atoms with Crippen LogP contribution in [-0.2, 0) is 20.1 Å². The molecule has 1 aliphatic heterocycles. The SMILES string of the molecule is Cn1ccc(-c2nc3c(n2C(F)F)CN(O)C3)n1. The number of alkyl halides is 2. The lowest BCUT2D eigenvalue weighted by Crippen LogP contribution is -2.13. The third-order valence-electron chi connectivity index (χ3n) is 2.90. The molecule has 96 valence electrons. The molecule has 0 saturated heterocycles. The second-order valence-corrected chi connectivity index (χ2v) is 4.17. The first kappa shape index (κ1) is 11.3. The predicted molar refractivity (Wildman–Crippen MR) is 56.7 cm³/mol. The molecule has 2 aromatic heterocycles. The zero-order valence-electron chi connectivity index (χ0n) is 9.59. The van der Waals surface area contributed by atoms with Gasteiger partial charge in [0.2, 0.25) is 0 Å². The fraction of sp³-hybridized carbons (Fsp3) is 0.400. The smallest absolute Gasteiger partial charge is 0.313 e. The van der Waals surface area contributed by atoms with Crippen molar-refractivity contribution in [1.29, 1.82) is 0 Å². The van der Waals surface area contributed by atoms with Crippen molar-refractivity contribution in [3.63, 3.8) is 0 Å². The van der Waals surface area contributed by atoms with Crippen LogP contribution in [0.15, 0.2) is 12.3 Å². The number of rotatable bonds is 2. The largest absolute Gasteiger partial charge is 0.320 e. The Morgan fingerprint density at radius 3 is 2.78 bits per heavy atom. The van der Waals surface area contributed by atoms with E-state index < -0.39 is 6.55 Å². The van der Waals surface area contributed by atoms with Crippen LogP contribution < -0.4 is 0 Å². The molecule has 0 spiro atoms. The van der Waals surface area contributed by atoms with Crippen LogP contribution in [0.4, 0.5) is 8.78 Å². The van der Waals surface area contributed by atoms with Crippen LogP contribution in [0.1, 0.15) is 17.9 Å². The summed E-state index contributed by atoms with van der Waals surface area (Å²) in [7, 11) is 1.71. The van der Waals surface area contributed by atoms with Crippen LogP contribution in [0.3, 0.4) is 0 Å². The number of imidazole rings is 1. The zero-order valence-corrected chi connectivity index (χ0v) is 9.59. The molecule has 0 radical (unpaired) electrons. The van der Waals surface area contributed by atoms with Crippen molar-refractivity contribution in [3.8, 4) is 11.5 Å². The molecular weight excluding hydrogens is 244 g/mol. The van der Waals surface area contributed by atoms with E-state index >= 15 is 0 Å². The number of halogens is 2. The third kappa shape index (κ3) is 1.61. The van der Waals surface area contributed by atoms with Crippen LogP contribution in [0.2, 0.25) is 0 Å². The number of nitrogens with zero attached hydrogens (tertiary/aromatic N) is 5. The maximum Gasteiger partial charge on any atom is 0.320 e. The van der Waals surface area contributed by atoms with Crippen molar-refractivity contribution < 1.29 is 14.0 Å². The minimum absolute atomic E-state index is 0.0551. The lowest BCUT2D eigenvalue weighted by Gasteiger charge is -2.10. The van der Waals surface area contributed by atoms with E-state index in [2.05, 4.69) is 10.1 Å². The van der Waals surface area contributed by atoms with Crippen molar-refractivity contribution in [1.82, 2.24) is 24.4 Å². The van der Waals surface area contributed by atoms with E-state index in [1.165, 1.54) is 4.68 Å². The van der Waals surface area contributed by atoms with Gasteiger partial charge < -0.3 is 5.21 Å². The molecule has 3 rings (SSSR count). The van der Waals surface area contributed by atoms with Gasteiger partial charge >= 0.3 is 6.55 Å². The molecule has 0 aliphatic carbocycles. The minimum Gasteiger partial charge on any atom is -0.313 e. The van der Waals surface area contributed by atoms with Crippen molar-refractivity contribution >= 4 is 0 Å². The van der Waals surface area contributed by atoms with E-state index in [9.17, 15) is 14.0 Å². The Bertz CT molecular complexity index is 591. The molecule has 0 fully saturated rings. The van der Waals surface area contributed by atoms with Gasteiger partial charge in [-0.3, -0.25) is 9.25 Å². The first-order valence-corrected chi connectivity index (χ1v) is 5.38. The van der Waals surface area contributed by atoms with E-state index in [-0.39, 0.29) is 18.9 Å². The molecule has 0 unspecified atom stereocenters. The van der Waals surface area contributed by atoms with Gasteiger partial charge in [-0.15, -0.1) is 0 Å². The fourth-order valence-electron chi connectivity index (χ4n) is 2.13. The molecular formula is C10H11F2N5O. The quantitative estimate of drug-likeness (QED) is 0.880. The number of fused-ring (bicyclic) bond motifs is 1. The Balaban J connectivity index is 2.14. The standard InChI is InChI=1S/C10H11F2N5O/c1-15-3-2-6(14-15)9-13-7-4-16(18)5-8(7)17(9)10(11)12/h2-3,10,18H,4-5H2,1H3. The van der Waals surface area contributed by atoms with Crippen LogP contribution in [0.25, 0.3) is 11.5 Å². The molecule has 3 heterocycles. The second-order valence-electron chi connectivity index (χ2n) is 4.17. The highest BCUT2D eigenvalue weighted by atomic mass is 19.3. The number of hydroxylamine groups is 2. The highest BCUT2D eigenvalue weighted by Crippen LogP contribution is 2.31. The summed E-state index contributed by atoms with van der Waals surface area (Å²) in [6.45, 7) is -2.49. The van der Waals surface area contributed by atoms with Gasteiger partial charge in [-0.2, -0.15) is 18.9 Å². The van der Waals surface area contributed by atoms with Crippen LogP contribution in [-0.4, -0.2) is 29.6 Å². The molecule has 0 bridgehead atoms.